The van der Waals surface area contributed by atoms with Gasteiger partial charge in [0.05, 0.1) is 6.10 Å². The molecule has 1 rings (SSSR count). The van der Waals surface area contributed by atoms with Gasteiger partial charge in [-0.1, -0.05) is 13.0 Å². The fourth-order valence-electron chi connectivity index (χ4n) is 1.15. The largest absolute Gasteiger partial charge is 0.504 e. The van der Waals surface area contributed by atoms with E-state index in [-0.39, 0.29) is 23.9 Å². The van der Waals surface area contributed by atoms with Gasteiger partial charge in [-0.2, -0.15) is 0 Å². The molecule has 0 unspecified atom stereocenters. The van der Waals surface area contributed by atoms with Gasteiger partial charge in [0.2, 0.25) is 0 Å². The van der Waals surface area contributed by atoms with Crippen LogP contribution in [0.25, 0.3) is 0 Å². The molecule has 0 spiro atoms. The number of likely N-dealkylation sites (N-methyl/N-ethyl adjacent to an activating group) is 1. The SMILES string of the molecule is CCNC[C@@H](O)c1ccc(O)c(O)c1.Cl. The Labute approximate surface area is 95.0 Å². The van der Waals surface area contributed by atoms with Crippen LogP contribution < -0.4 is 5.32 Å². The molecule has 1 atom stereocenters. The van der Waals surface area contributed by atoms with Gasteiger partial charge in [-0.3, -0.25) is 0 Å². The van der Waals surface area contributed by atoms with Crippen LogP contribution in [0.2, 0.25) is 0 Å². The van der Waals surface area contributed by atoms with E-state index in [2.05, 4.69) is 5.32 Å². The lowest BCUT2D eigenvalue weighted by Crippen LogP contribution is -2.20. The molecule has 0 fully saturated rings. The normalized spacial score (nSPS) is 11.9. The van der Waals surface area contributed by atoms with E-state index < -0.39 is 6.10 Å². The molecule has 0 radical (unpaired) electrons. The molecule has 4 nitrogen and oxygen atoms in total. The van der Waals surface area contributed by atoms with Crippen molar-refractivity contribution in [2.45, 2.75) is 13.0 Å². The summed E-state index contributed by atoms with van der Waals surface area (Å²) in [4.78, 5) is 0. The molecular formula is C10H16ClNO3. The number of aliphatic hydroxyl groups is 1. The van der Waals surface area contributed by atoms with E-state index in [1.807, 2.05) is 6.92 Å². The predicted octanol–water partition coefficient (Wildman–Crippen LogP) is 1.16. The molecule has 0 aromatic heterocycles. The number of phenols is 2. The maximum absolute atomic E-state index is 9.61. The van der Waals surface area contributed by atoms with Gasteiger partial charge in [0.1, 0.15) is 0 Å². The van der Waals surface area contributed by atoms with Crippen molar-refractivity contribution in [2.24, 2.45) is 0 Å². The van der Waals surface area contributed by atoms with Gasteiger partial charge in [0.25, 0.3) is 0 Å². The predicted molar refractivity (Wildman–Crippen MR) is 60.5 cm³/mol. The number of rotatable bonds is 4. The molecule has 0 aliphatic heterocycles. The molecule has 4 N–H and O–H groups in total. The summed E-state index contributed by atoms with van der Waals surface area (Å²) in [6, 6.07) is 4.30. The highest BCUT2D eigenvalue weighted by Gasteiger charge is 2.08. The summed E-state index contributed by atoms with van der Waals surface area (Å²) in [6.45, 7) is 3.16. The van der Waals surface area contributed by atoms with Crippen LogP contribution in [0.1, 0.15) is 18.6 Å². The van der Waals surface area contributed by atoms with Crippen LogP contribution in [-0.2, 0) is 0 Å². The first kappa shape index (κ1) is 14.0. The fourth-order valence-corrected chi connectivity index (χ4v) is 1.15. The fraction of sp³-hybridized carbons (Fsp3) is 0.400. The van der Waals surface area contributed by atoms with Crippen molar-refractivity contribution >= 4 is 12.4 Å². The van der Waals surface area contributed by atoms with Crippen LogP contribution in [0.4, 0.5) is 0 Å². The second-order valence-electron chi connectivity index (χ2n) is 3.07. The Morgan fingerprint density at radius 3 is 2.47 bits per heavy atom. The van der Waals surface area contributed by atoms with Gasteiger partial charge >= 0.3 is 0 Å². The zero-order valence-corrected chi connectivity index (χ0v) is 9.29. The topological polar surface area (TPSA) is 72.7 Å². The maximum atomic E-state index is 9.61. The Bertz CT molecular complexity index is 307. The average molecular weight is 234 g/mol. The number of hydrogen-bond donors (Lipinski definition) is 4. The van der Waals surface area contributed by atoms with E-state index >= 15 is 0 Å². The lowest BCUT2D eigenvalue weighted by Gasteiger charge is -2.11. The molecule has 86 valence electrons. The number of halogens is 1. The Morgan fingerprint density at radius 1 is 1.27 bits per heavy atom. The quantitative estimate of drug-likeness (QED) is 0.589. The van der Waals surface area contributed by atoms with Crippen LogP contribution in [0.3, 0.4) is 0 Å². The van der Waals surface area contributed by atoms with Crippen LogP contribution in [0.5, 0.6) is 11.5 Å². The summed E-state index contributed by atoms with van der Waals surface area (Å²) < 4.78 is 0. The molecule has 0 heterocycles. The number of phenolic OH excluding ortho intramolecular Hbond substituents is 2. The van der Waals surface area contributed by atoms with E-state index in [9.17, 15) is 10.2 Å². The summed E-state index contributed by atoms with van der Waals surface area (Å²) >= 11 is 0. The van der Waals surface area contributed by atoms with Crippen molar-refractivity contribution in [3.05, 3.63) is 23.8 Å². The smallest absolute Gasteiger partial charge is 0.157 e. The van der Waals surface area contributed by atoms with E-state index in [0.717, 1.165) is 6.54 Å². The Balaban J connectivity index is 0.00000196. The summed E-state index contributed by atoms with van der Waals surface area (Å²) in [5, 5.41) is 30.8. The summed E-state index contributed by atoms with van der Waals surface area (Å²) in [7, 11) is 0. The first-order valence-corrected chi connectivity index (χ1v) is 4.55. The van der Waals surface area contributed by atoms with E-state index in [1.54, 1.807) is 6.07 Å². The van der Waals surface area contributed by atoms with E-state index in [4.69, 9.17) is 5.11 Å². The van der Waals surface area contributed by atoms with Gasteiger partial charge < -0.3 is 20.6 Å². The van der Waals surface area contributed by atoms with Crippen molar-refractivity contribution in [2.75, 3.05) is 13.1 Å². The van der Waals surface area contributed by atoms with Crippen molar-refractivity contribution in [1.82, 2.24) is 5.32 Å². The zero-order chi connectivity index (χ0) is 10.6. The molecule has 1 aromatic carbocycles. The molecule has 5 heteroatoms. The number of aliphatic hydroxyl groups excluding tert-OH is 1. The Morgan fingerprint density at radius 2 is 1.93 bits per heavy atom. The van der Waals surface area contributed by atoms with Crippen LogP contribution >= 0.6 is 12.4 Å². The molecular weight excluding hydrogens is 218 g/mol. The van der Waals surface area contributed by atoms with Crippen molar-refractivity contribution in [3.8, 4) is 11.5 Å². The second-order valence-corrected chi connectivity index (χ2v) is 3.07. The van der Waals surface area contributed by atoms with Gasteiger partial charge in [0, 0.05) is 6.54 Å². The Kier molecular flexibility index (Phi) is 6.08. The van der Waals surface area contributed by atoms with Gasteiger partial charge in [-0.15, -0.1) is 12.4 Å². The molecule has 0 aliphatic rings. The monoisotopic (exact) mass is 233 g/mol. The first-order chi connectivity index (χ1) is 6.65. The third kappa shape index (κ3) is 3.95. The third-order valence-electron chi connectivity index (χ3n) is 1.97. The van der Waals surface area contributed by atoms with Crippen molar-refractivity contribution < 1.29 is 15.3 Å². The highest BCUT2D eigenvalue weighted by atomic mass is 35.5. The molecule has 0 bridgehead atoms. The minimum Gasteiger partial charge on any atom is -0.504 e. The number of hydrogen-bond acceptors (Lipinski definition) is 4. The zero-order valence-electron chi connectivity index (χ0n) is 8.47. The molecule has 0 saturated carbocycles. The summed E-state index contributed by atoms with van der Waals surface area (Å²) in [5.74, 6) is -0.387. The second kappa shape index (κ2) is 6.50. The highest BCUT2D eigenvalue weighted by Crippen LogP contribution is 2.27. The lowest BCUT2D eigenvalue weighted by molar-refractivity contribution is 0.175. The standard InChI is InChI=1S/C10H15NO3.ClH/c1-2-11-6-10(14)7-3-4-8(12)9(13)5-7;/h3-5,10-14H,2,6H2,1H3;1H/t10-;/m1./s1. The minimum atomic E-state index is -0.665. The summed E-state index contributed by atoms with van der Waals surface area (Å²) in [6.07, 6.45) is -0.665. The minimum absolute atomic E-state index is 0. The first-order valence-electron chi connectivity index (χ1n) is 4.55. The van der Waals surface area contributed by atoms with Crippen molar-refractivity contribution in [3.63, 3.8) is 0 Å². The maximum Gasteiger partial charge on any atom is 0.157 e. The van der Waals surface area contributed by atoms with E-state index in [0.29, 0.717) is 12.1 Å². The number of benzene rings is 1. The Hall–Kier alpha value is -0.970. The number of nitrogens with one attached hydrogen (secondary N) is 1. The molecule has 0 saturated heterocycles. The highest BCUT2D eigenvalue weighted by molar-refractivity contribution is 5.85. The molecule has 0 amide bonds. The number of aromatic hydroxyl groups is 2. The average Bonchev–Trinajstić information content (AvgIpc) is 2.18. The van der Waals surface area contributed by atoms with Gasteiger partial charge in [-0.05, 0) is 24.2 Å². The molecule has 1 aromatic rings. The summed E-state index contributed by atoms with van der Waals surface area (Å²) in [5.41, 5.74) is 0.584. The van der Waals surface area contributed by atoms with Crippen molar-refractivity contribution in [1.29, 1.82) is 0 Å². The van der Waals surface area contributed by atoms with Crippen LogP contribution in [-0.4, -0.2) is 28.4 Å². The molecule has 0 aliphatic carbocycles. The van der Waals surface area contributed by atoms with Gasteiger partial charge in [-0.25, -0.2) is 0 Å². The lowest BCUT2D eigenvalue weighted by atomic mass is 10.1. The van der Waals surface area contributed by atoms with Gasteiger partial charge in [0.15, 0.2) is 11.5 Å². The van der Waals surface area contributed by atoms with Crippen LogP contribution in [0, 0.1) is 0 Å². The third-order valence-corrected chi connectivity index (χ3v) is 1.97. The van der Waals surface area contributed by atoms with E-state index in [1.165, 1.54) is 12.1 Å². The van der Waals surface area contributed by atoms with Crippen LogP contribution in [0.15, 0.2) is 18.2 Å². The molecule has 15 heavy (non-hydrogen) atoms.